The number of fused-ring (bicyclic) bond motifs is 1. The minimum atomic E-state index is -0.148. The van der Waals surface area contributed by atoms with Crippen LogP contribution in [0.1, 0.15) is 42.2 Å². The highest BCUT2D eigenvalue weighted by atomic mass is 35.5. The zero-order valence-corrected chi connectivity index (χ0v) is 17.7. The van der Waals surface area contributed by atoms with Gasteiger partial charge >= 0.3 is 0 Å². The van der Waals surface area contributed by atoms with Gasteiger partial charge in [-0.05, 0) is 61.4 Å². The third-order valence-corrected chi connectivity index (χ3v) is 5.81. The number of para-hydroxylation sites is 2. The third kappa shape index (κ3) is 3.71. The van der Waals surface area contributed by atoms with E-state index in [1.807, 2.05) is 71.3 Å². The lowest BCUT2D eigenvalue weighted by molar-refractivity contribution is -0.117. The first-order valence-corrected chi connectivity index (χ1v) is 10.4. The Hall–Kier alpha value is -3.11. The first-order chi connectivity index (χ1) is 14.5. The van der Waals surface area contributed by atoms with Crippen LogP contribution in [0.25, 0.3) is 0 Å². The van der Waals surface area contributed by atoms with Crippen molar-refractivity contribution in [3.63, 3.8) is 0 Å². The molecule has 5 heteroatoms. The van der Waals surface area contributed by atoms with Crippen LogP contribution in [-0.4, -0.2) is 17.9 Å². The summed E-state index contributed by atoms with van der Waals surface area (Å²) in [4.78, 5) is 29.7. The molecule has 3 aromatic carbocycles. The van der Waals surface area contributed by atoms with E-state index in [2.05, 4.69) is 0 Å². The molecule has 4 nitrogen and oxygen atoms in total. The second kappa shape index (κ2) is 8.33. The van der Waals surface area contributed by atoms with Gasteiger partial charge < -0.3 is 9.80 Å². The Bertz CT molecular complexity index is 1070. The summed E-state index contributed by atoms with van der Waals surface area (Å²) in [5.41, 5.74) is 3.25. The highest BCUT2D eigenvalue weighted by Crippen LogP contribution is 2.42. The lowest BCUT2D eigenvalue weighted by Crippen LogP contribution is -2.47. The normalized spacial score (nSPS) is 17.9. The van der Waals surface area contributed by atoms with Crippen LogP contribution in [-0.2, 0) is 4.79 Å². The van der Waals surface area contributed by atoms with Crippen molar-refractivity contribution in [2.24, 2.45) is 0 Å². The molecule has 0 saturated heterocycles. The number of hydrogen-bond donors (Lipinski definition) is 0. The van der Waals surface area contributed by atoms with Crippen LogP contribution >= 0.6 is 11.6 Å². The van der Waals surface area contributed by atoms with E-state index in [4.69, 9.17) is 11.6 Å². The Labute approximate surface area is 181 Å². The Morgan fingerprint density at radius 3 is 2.23 bits per heavy atom. The van der Waals surface area contributed by atoms with Crippen molar-refractivity contribution in [1.29, 1.82) is 0 Å². The maximum absolute atomic E-state index is 13.4. The van der Waals surface area contributed by atoms with Gasteiger partial charge in [0.2, 0.25) is 5.91 Å². The molecule has 1 aliphatic rings. The number of amides is 2. The predicted molar refractivity (Wildman–Crippen MR) is 121 cm³/mol. The summed E-state index contributed by atoms with van der Waals surface area (Å²) in [6.07, 6.45) is 0.644. The van der Waals surface area contributed by atoms with Gasteiger partial charge in [-0.15, -0.1) is 0 Å². The molecule has 0 spiro atoms. The topological polar surface area (TPSA) is 40.6 Å². The zero-order valence-electron chi connectivity index (χ0n) is 17.0. The summed E-state index contributed by atoms with van der Waals surface area (Å²) < 4.78 is 0. The molecule has 0 saturated carbocycles. The number of benzene rings is 3. The van der Waals surface area contributed by atoms with Gasteiger partial charge in [-0.25, -0.2) is 0 Å². The van der Waals surface area contributed by atoms with Gasteiger partial charge in [-0.3, -0.25) is 9.59 Å². The molecule has 1 aliphatic heterocycles. The summed E-state index contributed by atoms with van der Waals surface area (Å²) in [5, 5.41) is 0.596. The van der Waals surface area contributed by atoms with Gasteiger partial charge in [0.15, 0.2) is 0 Å². The van der Waals surface area contributed by atoms with E-state index < -0.39 is 0 Å². The van der Waals surface area contributed by atoms with E-state index >= 15 is 0 Å². The highest BCUT2D eigenvalue weighted by molar-refractivity contribution is 6.30. The molecule has 152 valence electrons. The summed E-state index contributed by atoms with van der Waals surface area (Å²) in [6.45, 7) is 3.62. The molecule has 0 fully saturated rings. The van der Waals surface area contributed by atoms with E-state index in [1.54, 1.807) is 31.2 Å². The van der Waals surface area contributed by atoms with E-state index in [0.717, 1.165) is 16.9 Å². The number of nitrogens with zero attached hydrogens (tertiary/aromatic N) is 2. The smallest absolute Gasteiger partial charge is 0.258 e. The van der Waals surface area contributed by atoms with Crippen molar-refractivity contribution in [3.05, 3.63) is 95.0 Å². The fourth-order valence-corrected chi connectivity index (χ4v) is 4.36. The highest BCUT2D eigenvalue weighted by Gasteiger charge is 2.37. The summed E-state index contributed by atoms with van der Waals surface area (Å²) in [7, 11) is 0. The number of anilines is 2. The molecule has 0 radical (unpaired) electrons. The fraction of sp³-hybridized carbons (Fsp3) is 0.200. The average molecular weight is 419 g/mol. The van der Waals surface area contributed by atoms with Crippen LogP contribution < -0.4 is 9.80 Å². The second-order valence-electron chi connectivity index (χ2n) is 7.57. The van der Waals surface area contributed by atoms with Gasteiger partial charge in [0.05, 0.1) is 6.04 Å². The first-order valence-electron chi connectivity index (χ1n) is 10.00. The molecule has 30 heavy (non-hydrogen) atoms. The monoisotopic (exact) mass is 418 g/mol. The van der Waals surface area contributed by atoms with Crippen LogP contribution in [0.2, 0.25) is 5.02 Å². The van der Waals surface area contributed by atoms with Crippen LogP contribution in [0.4, 0.5) is 11.4 Å². The number of carbonyl (C=O) groups excluding carboxylic acids is 2. The second-order valence-corrected chi connectivity index (χ2v) is 8.00. The number of halogens is 1. The molecular weight excluding hydrogens is 396 g/mol. The van der Waals surface area contributed by atoms with Gasteiger partial charge in [-0.1, -0.05) is 48.0 Å². The van der Waals surface area contributed by atoms with Crippen LogP contribution in [0, 0.1) is 0 Å². The van der Waals surface area contributed by atoms with Gasteiger partial charge in [0.1, 0.15) is 0 Å². The van der Waals surface area contributed by atoms with E-state index in [1.165, 1.54) is 0 Å². The minimum absolute atomic E-state index is 0.0225. The van der Waals surface area contributed by atoms with Crippen LogP contribution in [0.3, 0.4) is 0 Å². The van der Waals surface area contributed by atoms with Crippen molar-refractivity contribution < 1.29 is 9.59 Å². The minimum Gasteiger partial charge on any atom is -0.305 e. The van der Waals surface area contributed by atoms with Gasteiger partial charge in [0.25, 0.3) is 5.91 Å². The molecule has 0 aliphatic carbocycles. The summed E-state index contributed by atoms with van der Waals surface area (Å²) >= 11 is 5.99. The standard InChI is InChI=1S/C25H23ClN2O2/c1-17-16-24(28(18(2)29)21-8-4-3-5-9-21)22-10-6-7-11-23(22)27(17)25(30)19-12-14-20(26)15-13-19/h3-15,17,24H,16H2,1-2H3. The summed E-state index contributed by atoms with van der Waals surface area (Å²) in [6, 6.07) is 24.2. The predicted octanol–water partition coefficient (Wildman–Crippen LogP) is 5.87. The molecule has 0 bridgehead atoms. The summed E-state index contributed by atoms with van der Waals surface area (Å²) in [5.74, 6) is -0.0927. The Balaban J connectivity index is 1.77. The van der Waals surface area contributed by atoms with Crippen LogP contribution in [0.5, 0.6) is 0 Å². The Morgan fingerprint density at radius 2 is 1.57 bits per heavy atom. The van der Waals surface area contributed by atoms with Gasteiger partial charge in [0, 0.05) is 34.9 Å². The van der Waals surface area contributed by atoms with Gasteiger partial charge in [-0.2, -0.15) is 0 Å². The molecule has 2 unspecified atom stereocenters. The molecular formula is C25H23ClN2O2. The molecule has 0 N–H and O–H groups in total. The number of hydrogen-bond acceptors (Lipinski definition) is 2. The number of rotatable bonds is 3. The van der Waals surface area contributed by atoms with Crippen molar-refractivity contribution in [1.82, 2.24) is 0 Å². The first kappa shape index (κ1) is 20.2. The molecule has 2 amide bonds. The van der Waals surface area contributed by atoms with E-state index in [9.17, 15) is 9.59 Å². The lowest BCUT2D eigenvalue weighted by Gasteiger charge is -2.43. The molecule has 3 aromatic rings. The van der Waals surface area contributed by atoms with Crippen molar-refractivity contribution in [2.45, 2.75) is 32.4 Å². The largest absolute Gasteiger partial charge is 0.305 e. The quantitative estimate of drug-likeness (QED) is 0.533. The SMILES string of the molecule is CC(=O)N(c1ccccc1)C1CC(C)N(C(=O)c2ccc(Cl)cc2)c2ccccc21. The lowest BCUT2D eigenvalue weighted by atomic mass is 9.89. The maximum atomic E-state index is 13.4. The van der Waals surface area contributed by atoms with Crippen LogP contribution in [0.15, 0.2) is 78.9 Å². The molecule has 1 heterocycles. The zero-order chi connectivity index (χ0) is 21.3. The van der Waals surface area contributed by atoms with Crippen molar-refractivity contribution in [3.8, 4) is 0 Å². The Morgan fingerprint density at radius 1 is 0.933 bits per heavy atom. The number of carbonyl (C=O) groups is 2. The third-order valence-electron chi connectivity index (χ3n) is 5.56. The molecule has 4 rings (SSSR count). The Kier molecular flexibility index (Phi) is 5.60. The van der Waals surface area contributed by atoms with Crippen molar-refractivity contribution in [2.75, 3.05) is 9.80 Å². The van der Waals surface area contributed by atoms with E-state index in [0.29, 0.717) is 17.0 Å². The molecule has 2 atom stereocenters. The fourth-order valence-electron chi connectivity index (χ4n) is 4.24. The molecule has 0 aromatic heterocycles. The van der Waals surface area contributed by atoms with E-state index in [-0.39, 0.29) is 23.9 Å². The van der Waals surface area contributed by atoms with Crippen molar-refractivity contribution >= 4 is 34.8 Å². The average Bonchev–Trinajstić information content (AvgIpc) is 2.74. The maximum Gasteiger partial charge on any atom is 0.258 e.